The number of aliphatic hydroxyl groups excluding tert-OH is 2. The summed E-state index contributed by atoms with van der Waals surface area (Å²) in [7, 11) is 0.958. The van der Waals surface area contributed by atoms with Crippen molar-refractivity contribution in [3.05, 3.63) is 71.2 Å². The number of hydrogen-bond acceptors (Lipinski definition) is 16. The van der Waals surface area contributed by atoms with E-state index in [0.29, 0.717) is 21.8 Å². The van der Waals surface area contributed by atoms with Crippen molar-refractivity contribution in [2.75, 3.05) is 39.0 Å². The van der Waals surface area contributed by atoms with Gasteiger partial charge in [-0.1, -0.05) is 50.8 Å². The number of nitrogens with one attached hydrogen (secondary N) is 4. The van der Waals surface area contributed by atoms with Crippen molar-refractivity contribution in [3.63, 3.8) is 0 Å². The fourth-order valence-corrected chi connectivity index (χ4v) is 11.0. The molecular formula is C47H55N5O11S4. The van der Waals surface area contributed by atoms with Crippen LogP contribution in [0.25, 0.3) is 21.8 Å². The fourth-order valence-electron chi connectivity index (χ4n) is 9.02. The van der Waals surface area contributed by atoms with Gasteiger partial charge in [0.25, 0.3) is 0 Å². The first-order chi connectivity index (χ1) is 31.9. The van der Waals surface area contributed by atoms with E-state index in [1.54, 1.807) is 50.8 Å². The predicted molar refractivity (Wildman–Crippen MR) is 263 cm³/mol. The smallest absolute Gasteiger partial charge is 0.319 e. The number of H-pyrrole nitrogens is 1. The Balaban J connectivity index is 1.36. The van der Waals surface area contributed by atoms with E-state index in [1.807, 2.05) is 13.8 Å². The van der Waals surface area contributed by atoms with Gasteiger partial charge in [-0.15, -0.1) is 11.8 Å². The summed E-state index contributed by atoms with van der Waals surface area (Å²) in [6.45, 7) is 5.86. The van der Waals surface area contributed by atoms with Gasteiger partial charge in [0, 0.05) is 66.9 Å². The molecule has 358 valence electrons. The number of allylic oxidation sites excluding steroid dienone is 3. The molecule has 2 aliphatic heterocycles. The second-order valence-corrected chi connectivity index (χ2v) is 25.3. The number of aromatic hydroxyl groups is 1. The number of methoxy groups -OCH3 is 1. The van der Waals surface area contributed by atoms with E-state index < -0.39 is 84.9 Å². The van der Waals surface area contributed by atoms with Crippen LogP contribution >= 0.6 is 11.8 Å². The highest BCUT2D eigenvalue weighted by Crippen LogP contribution is 2.46. The minimum Gasteiger partial charge on any atom is -0.508 e. The highest BCUT2D eigenvalue weighted by Gasteiger charge is 2.61. The summed E-state index contributed by atoms with van der Waals surface area (Å²) in [6.07, 6.45) is -0.492. The number of amides is 2. The van der Waals surface area contributed by atoms with Crippen molar-refractivity contribution >= 4 is 80.7 Å². The molecular weight excluding hydrogens is 939 g/mol. The fraction of sp³-hybridized carbons (Fsp3) is 0.489. The molecule has 7 N–H and O–H groups in total. The van der Waals surface area contributed by atoms with E-state index in [0.717, 1.165) is 11.8 Å². The summed E-state index contributed by atoms with van der Waals surface area (Å²) in [5.41, 5.74) is 1.28. The van der Waals surface area contributed by atoms with Gasteiger partial charge >= 0.3 is 6.03 Å². The van der Waals surface area contributed by atoms with Crippen LogP contribution in [0.3, 0.4) is 0 Å². The normalized spacial score (nSPS) is 31.1. The van der Waals surface area contributed by atoms with Crippen molar-refractivity contribution in [3.8, 4) is 29.4 Å². The number of phenolic OH excluding ortho intramolecular Hbond substituents is 1. The summed E-state index contributed by atoms with van der Waals surface area (Å²) in [6, 6.07) is 5.80. The van der Waals surface area contributed by atoms with Crippen LogP contribution in [0, 0.1) is 29.6 Å². The first kappa shape index (κ1) is 50.6. The number of Topliss-reactive ketones (excluding diaryl/α,β-unsaturated/α-hetero) is 2. The molecule has 0 bridgehead atoms. The monoisotopic (exact) mass is 993 g/mol. The highest BCUT2D eigenvalue weighted by molar-refractivity contribution is 8.56. The average Bonchev–Trinajstić information content (AvgIpc) is 3.65. The number of aliphatic hydroxyl groups is 2. The number of thioether (sulfide) groups is 1. The molecule has 11 atom stereocenters. The van der Waals surface area contributed by atoms with Crippen molar-refractivity contribution in [1.82, 2.24) is 25.9 Å². The molecule has 7 rings (SSSR count). The molecule has 20 heteroatoms. The standard InChI is InChI=1S/C47H55N5O11S4/c1-24(2)50-32-23-60-37(22-36(32)59-5)63-42-44(57)47(66-6,43(56)41-40-27(16-18-49-41)30-20-26(53)14-15-31(30)51-40)25(3)61-45(42)62-35-13-11-9-8-10-12-29-38(35)28(17-19-67(7,64)65)33(54)21-34(55)39(29)52-46(58)48-4/h8-9,14-18,20,24-25,32-33,35-38,42,44-45,50-51,53-54,57H,19,21-23H2,1-7H3,(H2,48,52,58)/b9-8-,28-17-/t25?,32?,33-,35-,36?,37?,38?,42?,44?,45?,47?/m0/s1. The second-order valence-electron chi connectivity index (χ2n) is 17.0. The number of carbonyl (C=O) groups excluding carboxylic acids is 3. The predicted octanol–water partition coefficient (Wildman–Crippen LogP) is 3.05. The first-order valence-corrected chi connectivity index (χ1v) is 26.9. The number of nitrogens with zero attached hydrogens (tertiary/aromatic N) is 1. The lowest BCUT2D eigenvalue weighted by Gasteiger charge is -2.51. The number of aromatic nitrogens is 2. The molecule has 2 fully saturated rings. The third-order valence-corrected chi connectivity index (χ3v) is 15.2. The summed E-state index contributed by atoms with van der Waals surface area (Å²) < 4.78 is 30.9. The van der Waals surface area contributed by atoms with Crippen LogP contribution in [0.15, 0.2) is 65.5 Å². The average molecular weight is 994 g/mol. The van der Waals surface area contributed by atoms with Gasteiger partial charge in [-0.05, 0) is 83.8 Å². The number of ether oxygens (including phenoxy) is 5. The molecule has 1 aromatic carbocycles. The molecule has 67 heavy (non-hydrogen) atoms. The largest absolute Gasteiger partial charge is 0.508 e. The Morgan fingerprint density at radius 3 is 2.63 bits per heavy atom. The molecule has 2 saturated heterocycles. The summed E-state index contributed by atoms with van der Waals surface area (Å²) in [4.78, 5) is 50.0. The minimum absolute atomic E-state index is 0.0223. The third kappa shape index (κ3) is 10.7. The van der Waals surface area contributed by atoms with E-state index in [9.17, 15) is 24.9 Å². The molecule has 2 aromatic heterocycles. The number of urea groups is 1. The maximum absolute atomic E-state index is 15.3. The highest BCUT2D eigenvalue weighted by atomic mass is 33.1. The van der Waals surface area contributed by atoms with Crippen molar-refractivity contribution in [2.24, 2.45) is 5.92 Å². The molecule has 4 aliphatic rings. The van der Waals surface area contributed by atoms with E-state index in [2.05, 4.69) is 49.6 Å². The topological polar surface area (TPSA) is 223 Å². The summed E-state index contributed by atoms with van der Waals surface area (Å²) in [5.74, 6) is 9.91. The second kappa shape index (κ2) is 21.2. The van der Waals surface area contributed by atoms with Crippen LogP contribution in [-0.4, -0.2) is 148 Å². The quantitative estimate of drug-likeness (QED) is 0.0743. The number of rotatable bonds is 13. The zero-order valence-electron chi connectivity index (χ0n) is 38.0. The zero-order chi connectivity index (χ0) is 48.4. The van der Waals surface area contributed by atoms with Gasteiger partial charge < -0.3 is 59.9 Å². The van der Waals surface area contributed by atoms with E-state index in [4.69, 9.17) is 46.1 Å². The van der Waals surface area contributed by atoms with Crippen LogP contribution in [-0.2, 0) is 58.0 Å². The van der Waals surface area contributed by atoms with E-state index in [1.165, 1.54) is 31.5 Å². The number of benzene rings is 1. The number of pyridine rings is 1. The van der Waals surface area contributed by atoms with Crippen molar-refractivity contribution in [1.29, 1.82) is 0 Å². The molecule has 3 aromatic rings. The summed E-state index contributed by atoms with van der Waals surface area (Å²) in [5, 5.41) is 45.0. The molecule has 4 heterocycles. The van der Waals surface area contributed by atoms with Gasteiger partial charge in [-0.2, -0.15) is 0 Å². The van der Waals surface area contributed by atoms with E-state index >= 15 is 4.79 Å². The Labute approximate surface area is 403 Å². The molecule has 16 nitrogen and oxygen atoms in total. The Hall–Kier alpha value is -4.26. The van der Waals surface area contributed by atoms with Crippen LogP contribution < -0.4 is 16.0 Å². The van der Waals surface area contributed by atoms with Crippen molar-refractivity contribution in [2.45, 2.75) is 99.6 Å². The minimum atomic E-state index is -2.03. The number of aromatic amines is 1. The molecule has 0 spiro atoms. The van der Waals surface area contributed by atoms with Gasteiger partial charge in [-0.3, -0.25) is 14.6 Å². The van der Waals surface area contributed by atoms with Crippen LogP contribution in [0.2, 0.25) is 0 Å². The summed E-state index contributed by atoms with van der Waals surface area (Å²) >= 11 is 12.3. The molecule has 0 saturated carbocycles. The molecule has 0 radical (unpaired) electrons. The lowest BCUT2D eigenvalue weighted by atomic mass is 9.82. The first-order valence-electron chi connectivity index (χ1n) is 21.6. The molecule has 2 aliphatic carbocycles. The Kier molecular flexibility index (Phi) is 16.0. The Morgan fingerprint density at radius 1 is 1.16 bits per heavy atom. The van der Waals surface area contributed by atoms with Crippen molar-refractivity contribution < 1.29 is 53.4 Å². The number of ketones is 2. The number of carbonyl (C=O) groups is 3. The number of fused-ring (bicyclic) bond motifs is 4. The Bertz CT molecular complexity index is 2750. The van der Waals surface area contributed by atoms with Gasteiger partial charge in [0.1, 0.15) is 34.5 Å². The van der Waals surface area contributed by atoms with Gasteiger partial charge in [0.15, 0.2) is 18.4 Å². The maximum Gasteiger partial charge on any atom is 0.319 e. The molecule has 2 amide bonds. The van der Waals surface area contributed by atoms with Gasteiger partial charge in [0.05, 0.1) is 48.1 Å². The maximum atomic E-state index is 15.3. The SMILES string of the molecule is CNC(=O)NC1=C2C#C/C=C\C#C[C@H](OC3OC(C)C(SC)(C(=O)c4nccc5c4[nH]c4ccc(O)cc45)C(O)C3OC3CC(OC)C(NC(C)C)CO3)C2/C(=C\CS(C)(=S)=S)[C@@H](O)CC1=O. The lowest BCUT2D eigenvalue weighted by Crippen LogP contribution is -2.69. The van der Waals surface area contributed by atoms with E-state index in [-0.39, 0.29) is 65.3 Å². The zero-order valence-corrected chi connectivity index (χ0v) is 41.3. The van der Waals surface area contributed by atoms with Crippen LogP contribution in [0.4, 0.5) is 4.79 Å². The van der Waals surface area contributed by atoms with Gasteiger partial charge in [0.2, 0.25) is 5.78 Å². The van der Waals surface area contributed by atoms with Crippen LogP contribution in [0.1, 0.15) is 44.1 Å². The number of hydrogen-bond donors (Lipinski definition) is 7. The molecule has 9 unspecified atom stereocenters. The lowest BCUT2D eigenvalue weighted by molar-refractivity contribution is -0.326. The Morgan fingerprint density at radius 2 is 1.93 bits per heavy atom. The van der Waals surface area contributed by atoms with Crippen LogP contribution in [0.5, 0.6) is 5.75 Å². The third-order valence-electron chi connectivity index (χ3n) is 12.2. The number of phenols is 1. The van der Waals surface area contributed by atoms with Gasteiger partial charge in [-0.25, -0.2) is 4.79 Å².